The molecule has 2 amide bonds. The van der Waals surface area contributed by atoms with Gasteiger partial charge in [0.05, 0.1) is 29.4 Å². The summed E-state index contributed by atoms with van der Waals surface area (Å²) in [5.41, 5.74) is 2.58. The third-order valence-electron chi connectivity index (χ3n) is 4.85. The normalized spacial score (nSPS) is 11.9. The van der Waals surface area contributed by atoms with Crippen molar-refractivity contribution in [2.75, 3.05) is 13.6 Å². The van der Waals surface area contributed by atoms with Gasteiger partial charge in [-0.15, -0.1) is 11.3 Å². The van der Waals surface area contributed by atoms with E-state index >= 15 is 0 Å². The molecule has 0 spiro atoms. The number of carbonyl (C=O) groups is 2. The van der Waals surface area contributed by atoms with Crippen LogP contribution in [0.5, 0.6) is 0 Å². The number of likely N-dealkylation sites (N-methyl/N-ethyl adjacent to an activating group) is 1. The number of aryl methyl sites for hydroxylation is 2. The fraction of sp³-hybridized carbons (Fsp3) is 0.478. The molecule has 0 aliphatic carbocycles. The molecule has 7 nitrogen and oxygen atoms in total. The van der Waals surface area contributed by atoms with Crippen LogP contribution in [0.25, 0.3) is 22.3 Å². The Morgan fingerprint density at radius 2 is 1.90 bits per heavy atom. The number of carbonyl (C=O) groups excluding carboxylic acids is 2. The molecule has 0 fully saturated rings. The molecule has 8 heteroatoms. The number of aromatic nitrogens is 3. The maximum atomic E-state index is 13.4. The zero-order valence-electron chi connectivity index (χ0n) is 19.5. The summed E-state index contributed by atoms with van der Waals surface area (Å²) in [6, 6.07) is 4.02. The molecule has 0 aliphatic rings. The standard InChI is InChI=1S/C23H31N5O2S/c1-13(2)28-21-18(11-24-28)17(10-19(25-21)16-9-14(3)31-15(16)4)22(30)27(8)12-20(29)26-23(5,6)7/h9-11,13H,12H2,1-8H3,(H,26,29). The van der Waals surface area contributed by atoms with Gasteiger partial charge in [0, 0.05) is 33.9 Å². The molecular formula is C23H31N5O2S. The van der Waals surface area contributed by atoms with E-state index in [0.29, 0.717) is 16.6 Å². The van der Waals surface area contributed by atoms with E-state index in [1.165, 1.54) is 9.78 Å². The molecule has 3 rings (SSSR count). The summed E-state index contributed by atoms with van der Waals surface area (Å²) in [4.78, 5) is 34.4. The number of hydrogen-bond donors (Lipinski definition) is 1. The van der Waals surface area contributed by atoms with Gasteiger partial charge in [-0.25, -0.2) is 9.67 Å². The molecule has 3 heterocycles. The molecule has 3 aromatic rings. The largest absolute Gasteiger partial charge is 0.350 e. The molecule has 0 saturated heterocycles. The maximum Gasteiger partial charge on any atom is 0.254 e. The molecule has 0 atom stereocenters. The Morgan fingerprint density at radius 3 is 2.45 bits per heavy atom. The zero-order valence-corrected chi connectivity index (χ0v) is 20.3. The number of nitrogens with zero attached hydrogens (tertiary/aromatic N) is 4. The fourth-order valence-corrected chi connectivity index (χ4v) is 4.48. The van der Waals surface area contributed by atoms with Crippen LogP contribution in [0.4, 0.5) is 0 Å². The predicted molar refractivity (Wildman–Crippen MR) is 126 cm³/mol. The monoisotopic (exact) mass is 441 g/mol. The van der Waals surface area contributed by atoms with Gasteiger partial charge in [-0.3, -0.25) is 9.59 Å². The van der Waals surface area contributed by atoms with Crippen molar-refractivity contribution >= 4 is 34.2 Å². The second-order valence-corrected chi connectivity index (χ2v) is 10.7. The smallest absolute Gasteiger partial charge is 0.254 e. The van der Waals surface area contributed by atoms with Gasteiger partial charge in [0.15, 0.2) is 5.65 Å². The molecular weight excluding hydrogens is 410 g/mol. The van der Waals surface area contributed by atoms with Gasteiger partial charge in [-0.2, -0.15) is 5.10 Å². The minimum Gasteiger partial charge on any atom is -0.350 e. The molecule has 0 aromatic carbocycles. The molecule has 0 radical (unpaired) electrons. The second-order valence-electron chi connectivity index (χ2n) is 9.26. The Labute approximate surface area is 187 Å². The number of thiophene rings is 1. The van der Waals surface area contributed by atoms with E-state index in [1.807, 2.05) is 45.4 Å². The fourth-order valence-electron chi connectivity index (χ4n) is 3.55. The van der Waals surface area contributed by atoms with E-state index in [0.717, 1.165) is 16.1 Å². The van der Waals surface area contributed by atoms with E-state index in [1.54, 1.807) is 24.6 Å². The summed E-state index contributed by atoms with van der Waals surface area (Å²) in [6.45, 7) is 13.9. The van der Waals surface area contributed by atoms with Crippen LogP contribution in [0.2, 0.25) is 0 Å². The summed E-state index contributed by atoms with van der Waals surface area (Å²) >= 11 is 1.71. The van der Waals surface area contributed by atoms with Crippen molar-refractivity contribution in [1.82, 2.24) is 25.0 Å². The number of rotatable bonds is 5. The first kappa shape index (κ1) is 22.9. The van der Waals surface area contributed by atoms with Crippen molar-refractivity contribution < 1.29 is 9.59 Å². The summed E-state index contributed by atoms with van der Waals surface area (Å²) in [5.74, 6) is -0.429. The lowest BCUT2D eigenvalue weighted by molar-refractivity contribution is -0.122. The van der Waals surface area contributed by atoms with Crippen LogP contribution in [0.1, 0.15) is 60.8 Å². The molecule has 0 bridgehead atoms. The van der Waals surface area contributed by atoms with Gasteiger partial charge >= 0.3 is 0 Å². The number of fused-ring (bicyclic) bond motifs is 1. The van der Waals surface area contributed by atoms with E-state index in [4.69, 9.17) is 4.98 Å². The van der Waals surface area contributed by atoms with Crippen molar-refractivity contribution in [3.63, 3.8) is 0 Å². The number of nitrogens with one attached hydrogen (secondary N) is 1. The van der Waals surface area contributed by atoms with E-state index in [-0.39, 0.29) is 29.9 Å². The average molecular weight is 442 g/mol. The highest BCUT2D eigenvalue weighted by molar-refractivity contribution is 7.12. The Balaban J connectivity index is 2.07. The molecule has 3 aromatic heterocycles. The van der Waals surface area contributed by atoms with Crippen molar-refractivity contribution in [3.05, 3.63) is 33.6 Å². The van der Waals surface area contributed by atoms with Crippen LogP contribution in [0, 0.1) is 13.8 Å². The van der Waals surface area contributed by atoms with Gasteiger partial charge in [0.25, 0.3) is 5.91 Å². The first-order chi connectivity index (χ1) is 14.4. The van der Waals surface area contributed by atoms with Gasteiger partial charge in [-0.1, -0.05) is 0 Å². The van der Waals surface area contributed by atoms with Gasteiger partial charge < -0.3 is 10.2 Å². The van der Waals surface area contributed by atoms with Gasteiger partial charge in [-0.05, 0) is 60.6 Å². The Bertz CT molecular complexity index is 1140. The van der Waals surface area contributed by atoms with Gasteiger partial charge in [0.2, 0.25) is 5.91 Å². The van der Waals surface area contributed by atoms with Crippen LogP contribution < -0.4 is 5.32 Å². The maximum absolute atomic E-state index is 13.4. The minimum atomic E-state index is -0.356. The third kappa shape index (κ3) is 4.95. The summed E-state index contributed by atoms with van der Waals surface area (Å²) < 4.78 is 1.83. The van der Waals surface area contributed by atoms with Crippen molar-refractivity contribution in [2.45, 2.75) is 60.0 Å². The number of pyridine rings is 1. The summed E-state index contributed by atoms with van der Waals surface area (Å²) in [7, 11) is 1.64. The summed E-state index contributed by atoms with van der Waals surface area (Å²) in [6.07, 6.45) is 1.69. The van der Waals surface area contributed by atoms with Crippen LogP contribution in [0.3, 0.4) is 0 Å². The lowest BCUT2D eigenvalue weighted by atomic mass is 10.1. The lowest BCUT2D eigenvalue weighted by Gasteiger charge is -2.23. The van der Waals surface area contributed by atoms with Crippen LogP contribution in [0.15, 0.2) is 18.3 Å². The quantitative estimate of drug-likeness (QED) is 0.639. The molecule has 0 aliphatic heterocycles. The lowest BCUT2D eigenvalue weighted by Crippen LogP contribution is -2.46. The highest BCUT2D eigenvalue weighted by Crippen LogP contribution is 2.32. The number of amides is 2. The van der Waals surface area contributed by atoms with Crippen molar-refractivity contribution in [2.24, 2.45) is 0 Å². The average Bonchev–Trinajstić information content (AvgIpc) is 3.21. The highest BCUT2D eigenvalue weighted by atomic mass is 32.1. The Kier molecular flexibility index (Phi) is 6.23. The molecule has 166 valence electrons. The van der Waals surface area contributed by atoms with E-state index in [2.05, 4.69) is 30.3 Å². The molecule has 0 unspecified atom stereocenters. The van der Waals surface area contributed by atoms with Crippen molar-refractivity contribution in [1.29, 1.82) is 0 Å². The third-order valence-corrected chi connectivity index (χ3v) is 5.81. The molecule has 0 saturated carbocycles. The second kappa shape index (κ2) is 8.42. The van der Waals surface area contributed by atoms with E-state index in [9.17, 15) is 9.59 Å². The summed E-state index contributed by atoms with van der Waals surface area (Å²) in [5, 5.41) is 8.07. The highest BCUT2D eigenvalue weighted by Gasteiger charge is 2.24. The SMILES string of the molecule is Cc1cc(-c2cc(C(=O)N(C)CC(=O)NC(C)(C)C)c3cnn(C(C)C)c3n2)c(C)s1. The van der Waals surface area contributed by atoms with Crippen LogP contribution in [-0.2, 0) is 4.79 Å². The Morgan fingerprint density at radius 1 is 1.23 bits per heavy atom. The first-order valence-corrected chi connectivity index (χ1v) is 11.2. The molecule has 1 N–H and O–H groups in total. The minimum absolute atomic E-state index is 0.0237. The topological polar surface area (TPSA) is 80.1 Å². The van der Waals surface area contributed by atoms with Crippen molar-refractivity contribution in [3.8, 4) is 11.3 Å². The Hall–Kier alpha value is -2.74. The van der Waals surface area contributed by atoms with Gasteiger partial charge in [0.1, 0.15) is 0 Å². The van der Waals surface area contributed by atoms with Crippen LogP contribution >= 0.6 is 11.3 Å². The zero-order chi connectivity index (χ0) is 23.1. The first-order valence-electron chi connectivity index (χ1n) is 10.4. The predicted octanol–water partition coefficient (Wildman–Crippen LogP) is 4.34. The van der Waals surface area contributed by atoms with Crippen LogP contribution in [-0.4, -0.2) is 50.6 Å². The number of hydrogen-bond acceptors (Lipinski definition) is 5. The molecule has 31 heavy (non-hydrogen) atoms. The van der Waals surface area contributed by atoms with E-state index < -0.39 is 0 Å².